The smallest absolute Gasteiger partial charge is 0.339 e. The highest BCUT2D eigenvalue weighted by Crippen LogP contribution is 2.55. The zero-order valence-corrected chi connectivity index (χ0v) is 19.5. The second kappa shape index (κ2) is 8.56. The second-order valence-corrected chi connectivity index (χ2v) is 8.80. The first-order valence-electron chi connectivity index (χ1n) is 11.7. The van der Waals surface area contributed by atoms with Crippen molar-refractivity contribution in [2.45, 2.75) is 44.6 Å². The van der Waals surface area contributed by atoms with E-state index in [1.165, 1.54) is 0 Å². The van der Waals surface area contributed by atoms with Gasteiger partial charge in [-0.15, -0.1) is 0 Å². The molecule has 0 saturated carbocycles. The maximum atomic E-state index is 13.8. The van der Waals surface area contributed by atoms with Crippen LogP contribution in [-0.2, 0) is 26.3 Å². The van der Waals surface area contributed by atoms with Crippen LogP contribution in [0.15, 0.2) is 71.2 Å². The van der Waals surface area contributed by atoms with Crippen LogP contribution in [-0.4, -0.2) is 30.5 Å². The quantitative estimate of drug-likeness (QED) is 0.658. The van der Waals surface area contributed by atoms with Crippen LogP contribution < -0.4 is 15.8 Å². The first-order valence-corrected chi connectivity index (χ1v) is 11.7. The highest BCUT2D eigenvalue weighted by Gasteiger charge is 2.59. The number of nitrogens with zero attached hydrogens (tertiary/aromatic N) is 1. The van der Waals surface area contributed by atoms with Gasteiger partial charge in [0.05, 0.1) is 13.7 Å². The predicted octanol–water partition coefficient (Wildman–Crippen LogP) is 3.96. The van der Waals surface area contributed by atoms with Crippen molar-refractivity contribution in [3.8, 4) is 5.75 Å². The summed E-state index contributed by atoms with van der Waals surface area (Å²) < 4.78 is 10.8. The number of carbonyl (C=O) groups excluding carboxylic acids is 2. The fourth-order valence-corrected chi connectivity index (χ4v) is 5.57. The molecule has 3 N–H and O–H groups in total. The number of para-hydroxylation sites is 1. The Morgan fingerprint density at radius 1 is 1.12 bits per heavy atom. The number of amides is 1. The number of ether oxygens (including phenoxy) is 2. The number of allylic oxidation sites excluding steroid dienone is 1. The molecule has 0 unspecified atom stereocenters. The maximum Gasteiger partial charge on any atom is 0.339 e. The third kappa shape index (κ3) is 3.18. The summed E-state index contributed by atoms with van der Waals surface area (Å²) in [5, 5.41) is 3.01. The highest BCUT2D eigenvalue weighted by molar-refractivity contribution is 6.17. The third-order valence-corrected chi connectivity index (χ3v) is 7.04. The molecule has 0 fully saturated rings. The Kier molecular flexibility index (Phi) is 5.55. The molecule has 34 heavy (non-hydrogen) atoms. The van der Waals surface area contributed by atoms with Crippen molar-refractivity contribution in [1.29, 1.82) is 0 Å². The van der Waals surface area contributed by atoms with Crippen molar-refractivity contribution in [1.82, 2.24) is 4.90 Å². The molecule has 2 heterocycles. The molecule has 3 aliphatic rings. The Morgan fingerprint density at radius 2 is 1.85 bits per heavy atom. The first-order chi connectivity index (χ1) is 16.5. The summed E-state index contributed by atoms with van der Waals surface area (Å²) >= 11 is 0. The van der Waals surface area contributed by atoms with Crippen molar-refractivity contribution in [2.75, 3.05) is 19.0 Å². The van der Waals surface area contributed by atoms with E-state index in [4.69, 9.17) is 15.2 Å². The summed E-state index contributed by atoms with van der Waals surface area (Å²) in [7, 11) is 1.63. The lowest BCUT2D eigenvalue weighted by molar-refractivity contribution is -0.140. The van der Waals surface area contributed by atoms with Crippen LogP contribution in [0.4, 0.5) is 5.69 Å². The average Bonchev–Trinajstić information content (AvgIpc) is 3.14. The lowest BCUT2D eigenvalue weighted by Gasteiger charge is -2.45. The lowest BCUT2D eigenvalue weighted by atomic mass is 9.64. The number of carbonyl (C=O) groups is 2. The molecule has 1 atom stereocenters. The Bertz CT molecular complexity index is 1210. The molecule has 1 aliphatic carbocycles. The Labute approximate surface area is 199 Å². The standard InChI is InChI=1S/C27H29N3O4/c1-3-34-25(31)23-24(28)30(16-17-12-14-18(33-2)15-13-17)22-11-7-5-9-20(22)27(23)19-8-4-6-10-21(19)29-26(27)32/h4,6,8,10,12-15H,3,5,7,9,11,16,28H2,1-2H3,(H,29,32)/t27-/m0/s1. The number of esters is 1. The van der Waals surface area contributed by atoms with Gasteiger partial charge in [-0.25, -0.2) is 4.79 Å². The van der Waals surface area contributed by atoms with Crippen molar-refractivity contribution in [3.05, 3.63) is 82.3 Å². The number of hydrogen-bond donors (Lipinski definition) is 2. The van der Waals surface area contributed by atoms with E-state index in [0.29, 0.717) is 18.7 Å². The molecule has 5 rings (SSSR count). The van der Waals surface area contributed by atoms with Gasteiger partial charge in [0.2, 0.25) is 5.91 Å². The van der Waals surface area contributed by atoms with Gasteiger partial charge in [0.15, 0.2) is 0 Å². The van der Waals surface area contributed by atoms with E-state index in [1.54, 1.807) is 14.0 Å². The minimum atomic E-state index is -1.26. The summed E-state index contributed by atoms with van der Waals surface area (Å²) in [4.78, 5) is 29.3. The Morgan fingerprint density at radius 3 is 2.59 bits per heavy atom. The molecular weight excluding hydrogens is 430 g/mol. The number of fused-ring (bicyclic) bond motifs is 3. The van der Waals surface area contributed by atoms with Crippen molar-refractivity contribution in [3.63, 3.8) is 0 Å². The van der Waals surface area contributed by atoms with Gasteiger partial charge in [-0.05, 0) is 61.9 Å². The highest BCUT2D eigenvalue weighted by atomic mass is 16.5. The monoisotopic (exact) mass is 459 g/mol. The van der Waals surface area contributed by atoms with Gasteiger partial charge in [-0.3, -0.25) is 4.79 Å². The molecule has 0 bridgehead atoms. The molecule has 176 valence electrons. The van der Waals surface area contributed by atoms with Gasteiger partial charge >= 0.3 is 5.97 Å². The molecular formula is C27H29N3O4. The fraction of sp³-hybridized carbons (Fsp3) is 0.333. The largest absolute Gasteiger partial charge is 0.497 e. The molecule has 2 aromatic carbocycles. The predicted molar refractivity (Wildman–Crippen MR) is 129 cm³/mol. The number of rotatable bonds is 5. The Hall–Kier alpha value is -3.74. The molecule has 2 aromatic rings. The number of nitrogens with one attached hydrogen (secondary N) is 1. The fourth-order valence-electron chi connectivity index (χ4n) is 5.57. The topological polar surface area (TPSA) is 93.9 Å². The zero-order chi connectivity index (χ0) is 23.9. The van der Waals surface area contributed by atoms with Gasteiger partial charge < -0.3 is 25.4 Å². The number of anilines is 1. The number of methoxy groups -OCH3 is 1. The number of nitrogens with two attached hydrogens (primary N) is 1. The SMILES string of the molecule is CCOC(=O)C1=C(N)N(Cc2ccc(OC)cc2)C2=C(CCCC2)[C@]12C(=O)Nc1ccccc12. The van der Waals surface area contributed by atoms with Gasteiger partial charge in [-0.1, -0.05) is 30.3 Å². The van der Waals surface area contributed by atoms with Gasteiger partial charge in [-0.2, -0.15) is 0 Å². The molecule has 0 aromatic heterocycles. The molecule has 0 saturated heterocycles. The van der Waals surface area contributed by atoms with Gasteiger partial charge in [0, 0.05) is 23.5 Å². The van der Waals surface area contributed by atoms with E-state index in [9.17, 15) is 9.59 Å². The van der Waals surface area contributed by atoms with Crippen LogP contribution in [0, 0.1) is 0 Å². The van der Waals surface area contributed by atoms with E-state index >= 15 is 0 Å². The van der Waals surface area contributed by atoms with Gasteiger partial charge in [0.25, 0.3) is 0 Å². The molecule has 2 aliphatic heterocycles. The second-order valence-electron chi connectivity index (χ2n) is 8.80. The minimum Gasteiger partial charge on any atom is -0.497 e. The zero-order valence-electron chi connectivity index (χ0n) is 19.5. The molecule has 1 amide bonds. The summed E-state index contributed by atoms with van der Waals surface area (Å²) in [6, 6.07) is 15.3. The van der Waals surface area contributed by atoms with Crippen LogP contribution in [0.2, 0.25) is 0 Å². The normalized spacial score (nSPS) is 21.4. The van der Waals surface area contributed by atoms with Crippen LogP contribution >= 0.6 is 0 Å². The third-order valence-electron chi connectivity index (χ3n) is 7.04. The maximum absolute atomic E-state index is 13.8. The molecule has 1 spiro atoms. The van der Waals surface area contributed by atoms with Crippen molar-refractivity contribution < 1.29 is 19.1 Å². The van der Waals surface area contributed by atoms with E-state index < -0.39 is 11.4 Å². The number of hydrogen-bond acceptors (Lipinski definition) is 6. The van der Waals surface area contributed by atoms with Gasteiger partial charge in [0.1, 0.15) is 22.6 Å². The average molecular weight is 460 g/mol. The Balaban J connectivity index is 1.72. The van der Waals surface area contributed by atoms with Crippen LogP contribution in [0.5, 0.6) is 5.75 Å². The first kappa shape index (κ1) is 22.1. The van der Waals surface area contributed by atoms with Crippen LogP contribution in [0.1, 0.15) is 43.7 Å². The van der Waals surface area contributed by atoms with E-state index in [1.807, 2.05) is 53.4 Å². The molecule has 0 radical (unpaired) electrons. The number of benzene rings is 2. The summed E-state index contributed by atoms with van der Waals surface area (Å²) in [6.07, 6.45) is 3.45. The van der Waals surface area contributed by atoms with Crippen LogP contribution in [0.3, 0.4) is 0 Å². The summed E-state index contributed by atoms with van der Waals surface area (Å²) in [5.74, 6) is 0.262. The summed E-state index contributed by atoms with van der Waals surface area (Å²) in [5.41, 5.74) is 10.2. The van der Waals surface area contributed by atoms with Crippen molar-refractivity contribution >= 4 is 17.6 Å². The lowest BCUT2D eigenvalue weighted by Crippen LogP contribution is -2.50. The van der Waals surface area contributed by atoms with E-state index in [0.717, 1.165) is 47.4 Å². The van der Waals surface area contributed by atoms with E-state index in [-0.39, 0.29) is 23.9 Å². The van der Waals surface area contributed by atoms with Crippen molar-refractivity contribution in [2.24, 2.45) is 5.73 Å². The van der Waals surface area contributed by atoms with E-state index in [2.05, 4.69) is 5.32 Å². The molecule has 7 heteroatoms. The van der Waals surface area contributed by atoms with Crippen LogP contribution in [0.25, 0.3) is 0 Å². The summed E-state index contributed by atoms with van der Waals surface area (Å²) in [6.45, 7) is 2.43. The molecule has 7 nitrogen and oxygen atoms in total. The minimum absolute atomic E-state index is 0.194.